The van der Waals surface area contributed by atoms with E-state index < -0.39 is 0 Å². The number of aromatic nitrogens is 3. The topological polar surface area (TPSA) is 22.8 Å². The van der Waals surface area contributed by atoms with Crippen LogP contribution in [0, 0.1) is 6.07 Å². The standard InChI is InChI=1S/C45H28N3.Ir/c1-3-15-34(16-4-1)47-42-21-10-8-19-36(42)37-24-25-38-39-29-32(23-27-43(39)48(45(38)44(37)47)35-17-5-2-6-18-35)31-13-11-14-33(28-31)41-26-22-30-12-7-9-20-40(30)46-41;/h1-13,15-29H;/q-1;. The van der Waals surface area contributed by atoms with Crippen LogP contribution in [0.3, 0.4) is 0 Å². The normalized spacial score (nSPS) is 11.5. The molecule has 0 N–H and O–H groups in total. The van der Waals surface area contributed by atoms with E-state index in [-0.39, 0.29) is 20.1 Å². The minimum absolute atomic E-state index is 0. The zero-order valence-electron chi connectivity index (χ0n) is 26.3. The summed E-state index contributed by atoms with van der Waals surface area (Å²) in [5.74, 6) is 0. The van der Waals surface area contributed by atoms with Crippen LogP contribution in [0.2, 0.25) is 0 Å². The van der Waals surface area contributed by atoms with Crippen molar-refractivity contribution in [3.63, 3.8) is 0 Å². The molecule has 233 valence electrons. The smallest absolute Gasteiger partial charge is 0.0788 e. The van der Waals surface area contributed by atoms with Gasteiger partial charge in [0.15, 0.2) is 0 Å². The Hall–Kier alpha value is -5.80. The molecule has 0 aliphatic carbocycles. The Labute approximate surface area is 297 Å². The van der Waals surface area contributed by atoms with Crippen LogP contribution in [-0.2, 0) is 20.1 Å². The number of fused-ring (bicyclic) bond motifs is 8. The fourth-order valence-corrected chi connectivity index (χ4v) is 7.43. The molecule has 0 aliphatic heterocycles. The Morgan fingerprint density at radius 1 is 0.449 bits per heavy atom. The van der Waals surface area contributed by atoms with Crippen molar-refractivity contribution in [1.82, 2.24) is 14.1 Å². The predicted octanol–water partition coefficient (Wildman–Crippen LogP) is 11.6. The Morgan fingerprint density at radius 3 is 1.82 bits per heavy atom. The summed E-state index contributed by atoms with van der Waals surface area (Å²) in [5.41, 5.74) is 12.3. The molecule has 0 amide bonds. The number of hydrogen-bond donors (Lipinski definition) is 0. The van der Waals surface area contributed by atoms with E-state index in [2.05, 4.69) is 167 Å². The first-order chi connectivity index (χ1) is 23.8. The largest absolute Gasteiger partial charge is 0.307 e. The average molecular weight is 803 g/mol. The van der Waals surface area contributed by atoms with Crippen LogP contribution in [0.1, 0.15) is 0 Å². The zero-order chi connectivity index (χ0) is 31.6. The summed E-state index contributed by atoms with van der Waals surface area (Å²) in [6, 6.07) is 64.0. The molecular weight excluding hydrogens is 775 g/mol. The maximum atomic E-state index is 4.95. The van der Waals surface area contributed by atoms with Gasteiger partial charge >= 0.3 is 0 Å². The van der Waals surface area contributed by atoms with E-state index in [1.807, 2.05) is 18.2 Å². The average Bonchev–Trinajstić information content (AvgIpc) is 3.68. The Morgan fingerprint density at radius 2 is 1.06 bits per heavy atom. The number of nitrogens with zero attached hydrogens (tertiary/aromatic N) is 3. The molecule has 0 aliphatic rings. The summed E-state index contributed by atoms with van der Waals surface area (Å²) in [7, 11) is 0. The predicted molar refractivity (Wildman–Crippen MR) is 200 cm³/mol. The van der Waals surface area contributed by atoms with Crippen LogP contribution in [0.4, 0.5) is 0 Å². The number of benzene rings is 7. The van der Waals surface area contributed by atoms with Crippen LogP contribution in [0.5, 0.6) is 0 Å². The van der Waals surface area contributed by atoms with E-state index in [1.165, 1.54) is 43.6 Å². The first kappa shape index (κ1) is 29.3. The molecule has 4 heteroatoms. The van der Waals surface area contributed by atoms with Crippen LogP contribution in [0.25, 0.3) is 88.3 Å². The molecule has 1 radical (unpaired) electrons. The maximum Gasteiger partial charge on any atom is 0.0788 e. The molecule has 0 unspecified atom stereocenters. The van der Waals surface area contributed by atoms with Gasteiger partial charge in [0.05, 0.1) is 27.6 Å². The third-order valence-electron chi connectivity index (χ3n) is 9.60. The minimum Gasteiger partial charge on any atom is -0.307 e. The molecule has 3 nitrogen and oxygen atoms in total. The van der Waals surface area contributed by atoms with E-state index in [1.54, 1.807) is 0 Å². The molecule has 0 saturated heterocycles. The van der Waals surface area contributed by atoms with Gasteiger partial charge < -0.3 is 9.13 Å². The quantitative estimate of drug-likeness (QED) is 0.163. The van der Waals surface area contributed by atoms with E-state index in [4.69, 9.17) is 4.98 Å². The molecular formula is C45H28IrN3-. The third-order valence-corrected chi connectivity index (χ3v) is 9.60. The van der Waals surface area contributed by atoms with Crippen molar-refractivity contribution in [3.05, 3.63) is 176 Å². The summed E-state index contributed by atoms with van der Waals surface area (Å²) < 4.78 is 4.88. The molecule has 49 heavy (non-hydrogen) atoms. The monoisotopic (exact) mass is 803 g/mol. The number of pyridine rings is 1. The molecule has 0 saturated carbocycles. The summed E-state index contributed by atoms with van der Waals surface area (Å²) in [6.45, 7) is 0. The first-order valence-corrected chi connectivity index (χ1v) is 16.3. The van der Waals surface area contributed by atoms with Crippen molar-refractivity contribution in [2.24, 2.45) is 0 Å². The summed E-state index contributed by atoms with van der Waals surface area (Å²) in [6.07, 6.45) is 0. The summed E-state index contributed by atoms with van der Waals surface area (Å²) in [4.78, 5) is 4.95. The van der Waals surface area contributed by atoms with Gasteiger partial charge in [0.1, 0.15) is 0 Å². The third kappa shape index (κ3) is 4.64. The van der Waals surface area contributed by atoms with Crippen molar-refractivity contribution < 1.29 is 20.1 Å². The van der Waals surface area contributed by atoms with Gasteiger partial charge in [-0.15, -0.1) is 35.4 Å². The van der Waals surface area contributed by atoms with Crippen molar-refractivity contribution in [3.8, 4) is 33.8 Å². The van der Waals surface area contributed by atoms with Gasteiger partial charge in [0.25, 0.3) is 0 Å². The van der Waals surface area contributed by atoms with Gasteiger partial charge in [-0.1, -0.05) is 103 Å². The Balaban J connectivity index is 0.00000325. The van der Waals surface area contributed by atoms with Crippen molar-refractivity contribution in [1.29, 1.82) is 0 Å². The van der Waals surface area contributed by atoms with E-state index >= 15 is 0 Å². The first-order valence-electron chi connectivity index (χ1n) is 16.3. The molecule has 3 heterocycles. The van der Waals surface area contributed by atoms with Crippen LogP contribution in [-0.4, -0.2) is 14.1 Å². The molecule has 7 aromatic carbocycles. The molecule has 0 fully saturated rings. The van der Waals surface area contributed by atoms with Gasteiger partial charge in [-0.2, -0.15) is 0 Å². The maximum absolute atomic E-state index is 4.95. The van der Waals surface area contributed by atoms with Crippen molar-refractivity contribution >= 4 is 54.5 Å². The van der Waals surface area contributed by atoms with Gasteiger partial charge in [-0.05, 0) is 65.2 Å². The molecule has 10 aromatic rings. The van der Waals surface area contributed by atoms with Crippen LogP contribution < -0.4 is 0 Å². The fraction of sp³-hybridized carbons (Fsp3) is 0. The van der Waals surface area contributed by atoms with E-state index in [9.17, 15) is 0 Å². The van der Waals surface area contributed by atoms with Gasteiger partial charge in [0, 0.05) is 53.0 Å². The van der Waals surface area contributed by atoms with E-state index in [0.717, 1.165) is 44.7 Å². The molecule has 0 atom stereocenters. The van der Waals surface area contributed by atoms with E-state index in [0.29, 0.717) is 0 Å². The van der Waals surface area contributed by atoms with Crippen LogP contribution >= 0.6 is 0 Å². The van der Waals surface area contributed by atoms with Gasteiger partial charge in [-0.25, -0.2) is 0 Å². The zero-order valence-corrected chi connectivity index (χ0v) is 28.7. The number of rotatable bonds is 4. The second kappa shape index (κ2) is 11.7. The molecule has 3 aromatic heterocycles. The second-order valence-corrected chi connectivity index (χ2v) is 12.3. The van der Waals surface area contributed by atoms with Crippen LogP contribution in [0.15, 0.2) is 170 Å². The van der Waals surface area contributed by atoms with Crippen molar-refractivity contribution in [2.75, 3.05) is 0 Å². The second-order valence-electron chi connectivity index (χ2n) is 12.3. The molecule has 0 spiro atoms. The fourth-order valence-electron chi connectivity index (χ4n) is 7.43. The Kier molecular flexibility index (Phi) is 7.02. The van der Waals surface area contributed by atoms with Gasteiger partial charge in [-0.3, -0.25) is 4.98 Å². The number of para-hydroxylation sites is 4. The van der Waals surface area contributed by atoms with Gasteiger partial charge in [0.2, 0.25) is 0 Å². The summed E-state index contributed by atoms with van der Waals surface area (Å²) in [5, 5.41) is 6.07. The molecule has 0 bridgehead atoms. The van der Waals surface area contributed by atoms with Crippen molar-refractivity contribution in [2.45, 2.75) is 0 Å². The number of hydrogen-bond acceptors (Lipinski definition) is 1. The molecule has 10 rings (SSSR count). The SMILES string of the molecule is [Ir].[c-]1ccc(-c2ccc3c(c2)c2ccc4c5ccccc5n(-c5ccccc5)c4c2n3-c2ccccc2)cc1-c1ccc2ccccc2n1. The minimum atomic E-state index is 0. The summed E-state index contributed by atoms with van der Waals surface area (Å²) >= 11 is 0. The Bertz CT molecular complexity index is 2830.